The van der Waals surface area contributed by atoms with E-state index in [1.807, 2.05) is 0 Å². The van der Waals surface area contributed by atoms with Crippen LogP contribution >= 0.6 is 11.6 Å². The lowest BCUT2D eigenvalue weighted by Gasteiger charge is -2.32. The molecule has 8 nitrogen and oxygen atoms in total. The van der Waals surface area contributed by atoms with E-state index >= 15 is 0 Å². The average Bonchev–Trinajstić information content (AvgIpc) is 3.29. The lowest BCUT2D eigenvalue weighted by Crippen LogP contribution is -2.45. The van der Waals surface area contributed by atoms with Crippen LogP contribution in [-0.4, -0.2) is 52.5 Å². The van der Waals surface area contributed by atoms with E-state index in [4.69, 9.17) is 20.9 Å². The highest BCUT2D eigenvalue weighted by atomic mass is 35.5. The van der Waals surface area contributed by atoms with Crippen LogP contribution < -0.4 is 5.32 Å². The highest BCUT2D eigenvalue weighted by Gasteiger charge is 2.28. The molecule has 0 aliphatic carbocycles. The van der Waals surface area contributed by atoms with Gasteiger partial charge in [0.05, 0.1) is 16.7 Å². The molecule has 0 unspecified atom stereocenters. The molecule has 0 fully saturated rings. The maximum atomic E-state index is 13.7. The van der Waals surface area contributed by atoms with E-state index in [-0.39, 0.29) is 42.7 Å². The van der Waals surface area contributed by atoms with Crippen LogP contribution in [0, 0.1) is 11.6 Å². The summed E-state index contributed by atoms with van der Waals surface area (Å²) in [7, 11) is 1.54. The lowest BCUT2D eigenvalue weighted by molar-refractivity contribution is -0.134. The first-order chi connectivity index (χ1) is 17.4. The zero-order valence-electron chi connectivity index (χ0n) is 20.6. The maximum absolute atomic E-state index is 13.7. The number of nitrogens with one attached hydrogen (secondary N) is 1. The normalized spacial score (nSPS) is 12.2. The van der Waals surface area contributed by atoms with Gasteiger partial charge in [0.15, 0.2) is 0 Å². The van der Waals surface area contributed by atoms with Crippen molar-refractivity contribution in [1.82, 2.24) is 10.1 Å². The number of amides is 2. The number of carbonyl (C=O) groups is 2. The quantitative estimate of drug-likeness (QED) is 0.358. The van der Waals surface area contributed by atoms with Crippen LogP contribution in [-0.2, 0) is 16.0 Å². The molecule has 0 aliphatic heterocycles. The summed E-state index contributed by atoms with van der Waals surface area (Å²) in [4.78, 5) is 26.6. The number of aliphatic hydroxyl groups is 1. The average molecular weight is 536 g/mol. The molecule has 0 saturated carbocycles. The molecule has 2 N–H and O–H groups in total. The lowest BCUT2D eigenvalue weighted by atomic mass is 9.98. The Labute approximate surface area is 218 Å². The molecule has 2 amide bonds. The Balaban J connectivity index is 1.59. The third kappa shape index (κ3) is 8.26. The van der Waals surface area contributed by atoms with E-state index in [1.54, 1.807) is 26.0 Å². The third-order valence-electron chi connectivity index (χ3n) is 5.58. The molecule has 11 heteroatoms. The second-order valence-electron chi connectivity index (χ2n) is 9.20. The van der Waals surface area contributed by atoms with Gasteiger partial charge in [0.25, 0.3) is 0 Å². The van der Waals surface area contributed by atoms with E-state index < -0.39 is 29.4 Å². The Morgan fingerprint density at radius 1 is 1.22 bits per heavy atom. The van der Waals surface area contributed by atoms with Gasteiger partial charge in [-0.05, 0) is 50.5 Å². The van der Waals surface area contributed by atoms with Crippen molar-refractivity contribution in [1.29, 1.82) is 0 Å². The summed E-state index contributed by atoms with van der Waals surface area (Å²) in [6, 6.07) is 10.9. The van der Waals surface area contributed by atoms with Crippen LogP contribution in [0.4, 0.5) is 19.5 Å². The molecule has 0 spiro atoms. The van der Waals surface area contributed by atoms with E-state index in [0.717, 1.165) is 0 Å². The van der Waals surface area contributed by atoms with Gasteiger partial charge in [-0.2, -0.15) is 0 Å². The molecule has 198 valence electrons. The van der Waals surface area contributed by atoms with Gasteiger partial charge in [0.1, 0.15) is 23.9 Å². The van der Waals surface area contributed by atoms with Crippen LogP contribution in [0.5, 0.6) is 0 Å². The van der Waals surface area contributed by atoms with E-state index in [1.165, 1.54) is 48.3 Å². The smallest absolute Gasteiger partial charge is 0.414 e. The number of hydrogen-bond acceptors (Lipinski definition) is 6. The van der Waals surface area contributed by atoms with Gasteiger partial charge in [-0.3, -0.25) is 10.1 Å². The minimum absolute atomic E-state index is 0.0142. The maximum Gasteiger partial charge on any atom is 0.414 e. The first-order valence-corrected chi connectivity index (χ1v) is 11.9. The van der Waals surface area contributed by atoms with Crippen LogP contribution in [0.25, 0.3) is 11.3 Å². The molecule has 1 atom stereocenters. The minimum atomic E-state index is -1.16. The van der Waals surface area contributed by atoms with Gasteiger partial charge in [0, 0.05) is 25.1 Å². The summed E-state index contributed by atoms with van der Waals surface area (Å²) in [6.07, 6.45) is -0.491. The van der Waals surface area contributed by atoms with Gasteiger partial charge in [-0.15, -0.1) is 0 Å². The van der Waals surface area contributed by atoms with E-state index in [0.29, 0.717) is 16.8 Å². The number of benzene rings is 2. The van der Waals surface area contributed by atoms with Gasteiger partial charge in [-0.1, -0.05) is 41.0 Å². The molecule has 2 aromatic carbocycles. The van der Waals surface area contributed by atoms with Crippen LogP contribution in [0.15, 0.2) is 53.1 Å². The molecule has 0 aliphatic rings. The monoisotopic (exact) mass is 535 g/mol. The van der Waals surface area contributed by atoms with Gasteiger partial charge in [0.2, 0.25) is 11.8 Å². The second kappa shape index (κ2) is 12.2. The van der Waals surface area contributed by atoms with Crippen molar-refractivity contribution in [2.45, 2.75) is 44.8 Å². The van der Waals surface area contributed by atoms with E-state index in [9.17, 15) is 23.5 Å². The minimum Gasteiger partial charge on any atom is -0.447 e. The fraction of sp³-hybridized carbons (Fsp3) is 0.346. The second-order valence-corrected chi connectivity index (χ2v) is 9.58. The van der Waals surface area contributed by atoms with Gasteiger partial charge < -0.3 is 19.3 Å². The molecule has 0 bridgehead atoms. The van der Waals surface area contributed by atoms with Crippen LogP contribution in [0.3, 0.4) is 0 Å². The molecule has 37 heavy (non-hydrogen) atoms. The predicted octanol–water partition coefficient (Wildman–Crippen LogP) is 5.44. The predicted molar refractivity (Wildman–Crippen MR) is 134 cm³/mol. The summed E-state index contributed by atoms with van der Waals surface area (Å²) in [5, 5.41) is 16.5. The topological polar surface area (TPSA) is 105 Å². The first-order valence-electron chi connectivity index (χ1n) is 11.5. The zero-order chi connectivity index (χ0) is 27.2. The third-order valence-corrected chi connectivity index (χ3v) is 6.00. The number of aryl methyl sites for hydroxylation is 1. The van der Waals surface area contributed by atoms with Crippen molar-refractivity contribution >= 4 is 29.5 Å². The Morgan fingerprint density at radius 3 is 2.65 bits per heavy atom. The number of anilines is 1. The molecule has 1 aromatic heterocycles. The van der Waals surface area contributed by atoms with Crippen molar-refractivity contribution in [3.8, 4) is 11.3 Å². The highest BCUT2D eigenvalue weighted by molar-refractivity contribution is 6.31. The van der Waals surface area contributed by atoms with Gasteiger partial charge >= 0.3 is 6.09 Å². The van der Waals surface area contributed by atoms with Crippen molar-refractivity contribution in [3.63, 3.8) is 0 Å². The SMILES string of the molecule is CN(C(=O)CCc1cccc(F)c1Cl)[C@H](COC(=O)Nc1cc(-c2cccc(F)c2)no1)CC(C)(C)O. The van der Waals surface area contributed by atoms with E-state index in [2.05, 4.69) is 10.5 Å². The molecule has 0 radical (unpaired) electrons. The van der Waals surface area contributed by atoms with Crippen LogP contribution in [0.1, 0.15) is 32.3 Å². The Kier molecular flexibility index (Phi) is 9.23. The van der Waals surface area contributed by atoms with Crippen molar-refractivity contribution in [2.75, 3.05) is 19.0 Å². The van der Waals surface area contributed by atoms with Crippen molar-refractivity contribution in [2.24, 2.45) is 0 Å². The zero-order valence-corrected chi connectivity index (χ0v) is 21.4. The van der Waals surface area contributed by atoms with Crippen molar-refractivity contribution in [3.05, 3.63) is 70.8 Å². The number of likely N-dealkylation sites (N-methyl/N-ethyl adjacent to an activating group) is 1. The van der Waals surface area contributed by atoms with Gasteiger partial charge in [-0.25, -0.2) is 13.6 Å². The molecule has 1 heterocycles. The number of aromatic nitrogens is 1. The molecule has 3 aromatic rings. The summed E-state index contributed by atoms with van der Waals surface area (Å²) in [5.74, 6) is -1.31. The summed E-state index contributed by atoms with van der Waals surface area (Å²) in [5.41, 5.74) is 0.131. The fourth-order valence-corrected chi connectivity index (χ4v) is 3.89. The highest BCUT2D eigenvalue weighted by Crippen LogP contribution is 2.24. The molecule has 3 rings (SSSR count). The Morgan fingerprint density at radius 2 is 1.95 bits per heavy atom. The Bertz CT molecular complexity index is 1240. The largest absolute Gasteiger partial charge is 0.447 e. The number of ether oxygens (including phenoxy) is 1. The number of nitrogens with zero attached hydrogens (tertiary/aromatic N) is 2. The number of rotatable bonds is 10. The number of halogens is 3. The first kappa shape index (κ1) is 28.1. The molecular weight excluding hydrogens is 508 g/mol. The number of carbonyl (C=O) groups excluding carboxylic acids is 2. The summed E-state index contributed by atoms with van der Waals surface area (Å²) < 4.78 is 37.5. The summed E-state index contributed by atoms with van der Waals surface area (Å²) >= 11 is 5.97. The number of hydrogen-bond donors (Lipinski definition) is 2. The molecule has 0 saturated heterocycles. The summed E-state index contributed by atoms with van der Waals surface area (Å²) in [6.45, 7) is 2.93. The van der Waals surface area contributed by atoms with Crippen molar-refractivity contribution < 1.29 is 32.7 Å². The van der Waals surface area contributed by atoms with Crippen LogP contribution in [0.2, 0.25) is 5.02 Å². The molecular formula is C26H28ClF2N3O5. The fourth-order valence-electron chi connectivity index (χ4n) is 3.67. The Hall–Kier alpha value is -3.50. The standard InChI is InChI=1S/C26H28ClF2N3O5/c1-26(2,35)14-19(32(3)23(33)11-10-16-6-5-9-20(29)24(16)27)15-36-25(34)30-22-13-21(31-37-22)17-7-4-8-18(28)12-17/h4-9,12-13,19,35H,10-11,14-15H2,1-3H3,(H,30,34)/t19-/m0/s1.